The van der Waals surface area contributed by atoms with Crippen molar-refractivity contribution in [3.05, 3.63) is 34.9 Å². The van der Waals surface area contributed by atoms with Gasteiger partial charge < -0.3 is 4.74 Å². The molecule has 5 rings (SSSR count). The van der Waals surface area contributed by atoms with Crippen LogP contribution in [0.25, 0.3) is 0 Å². The van der Waals surface area contributed by atoms with Crippen LogP contribution in [0.1, 0.15) is 82.0 Å². The van der Waals surface area contributed by atoms with E-state index in [0.717, 1.165) is 38.5 Å². The Bertz CT molecular complexity index is 871. The lowest BCUT2D eigenvalue weighted by Crippen LogP contribution is -2.62. The standard InChI is InChI=1S/C30H51N5OS/c1-21-8-6-9-22(2)28(21)26-17-27-32-29(31-26)33-37-25-11-7-10-23(16-25)18-35-15-14-34(13-12-30(3,4)5)19-24(20-35)36-27/h6,8-9,23-27,29,31-33H,7,10-20H2,1-5H3/t23?,24-,25?,26?,27?,29?/m1/s1. The van der Waals surface area contributed by atoms with E-state index in [1.54, 1.807) is 0 Å². The van der Waals surface area contributed by atoms with Crippen molar-refractivity contribution >= 4 is 11.9 Å². The highest BCUT2D eigenvalue weighted by atomic mass is 32.2. The minimum absolute atomic E-state index is 0.0258. The number of fused-ring (bicyclic) bond motifs is 6. The quantitative estimate of drug-likeness (QED) is 0.487. The van der Waals surface area contributed by atoms with Crippen LogP contribution >= 0.6 is 11.9 Å². The summed E-state index contributed by atoms with van der Waals surface area (Å²) in [5.74, 6) is 0.804. The second kappa shape index (κ2) is 12.2. The summed E-state index contributed by atoms with van der Waals surface area (Å²) in [5.41, 5.74) is 4.53. The van der Waals surface area contributed by atoms with Gasteiger partial charge in [-0.15, -0.1) is 0 Å². The van der Waals surface area contributed by atoms with Gasteiger partial charge in [-0.05, 0) is 74.1 Å². The number of hydrogen-bond acceptors (Lipinski definition) is 7. The predicted molar refractivity (Wildman–Crippen MR) is 155 cm³/mol. The van der Waals surface area contributed by atoms with Crippen LogP contribution in [0.5, 0.6) is 0 Å². The predicted octanol–water partition coefficient (Wildman–Crippen LogP) is 4.79. The van der Waals surface area contributed by atoms with E-state index < -0.39 is 0 Å². The Morgan fingerprint density at radius 3 is 2.59 bits per heavy atom. The van der Waals surface area contributed by atoms with Gasteiger partial charge in [0.15, 0.2) is 0 Å². The molecular weight excluding hydrogens is 478 g/mol. The summed E-state index contributed by atoms with van der Waals surface area (Å²) in [6.07, 6.45) is 7.84. The molecule has 4 aliphatic rings. The van der Waals surface area contributed by atoms with Crippen LogP contribution < -0.4 is 15.4 Å². The molecule has 37 heavy (non-hydrogen) atoms. The van der Waals surface area contributed by atoms with E-state index in [2.05, 4.69) is 78.0 Å². The molecule has 208 valence electrons. The summed E-state index contributed by atoms with van der Waals surface area (Å²) in [5, 5.41) is 8.38. The fourth-order valence-electron chi connectivity index (χ4n) is 6.85. The zero-order chi connectivity index (χ0) is 26.0. The number of rotatable bonds is 3. The number of hydrogen-bond donors (Lipinski definition) is 3. The van der Waals surface area contributed by atoms with E-state index in [0.29, 0.717) is 10.7 Å². The third-order valence-electron chi connectivity index (χ3n) is 8.86. The molecular formula is C30H51N5OS. The summed E-state index contributed by atoms with van der Waals surface area (Å²) in [6, 6.07) is 6.95. The molecule has 0 aromatic heterocycles. The topological polar surface area (TPSA) is 51.8 Å². The highest BCUT2D eigenvalue weighted by molar-refractivity contribution is 7.98. The zero-order valence-corrected chi connectivity index (χ0v) is 24.7. The first-order valence-electron chi connectivity index (χ1n) is 14.8. The normalized spacial score (nSPS) is 36.1. The maximum atomic E-state index is 7.01. The van der Waals surface area contributed by atoms with Gasteiger partial charge in [-0.1, -0.05) is 57.3 Å². The molecule has 1 aliphatic carbocycles. The van der Waals surface area contributed by atoms with Crippen molar-refractivity contribution in [2.45, 2.75) is 103 Å². The average molecular weight is 530 g/mol. The summed E-state index contributed by atoms with van der Waals surface area (Å²) in [6.45, 7) is 18.4. The third kappa shape index (κ3) is 7.71. The van der Waals surface area contributed by atoms with Gasteiger partial charge in [0.2, 0.25) is 0 Å². The van der Waals surface area contributed by atoms with Gasteiger partial charge in [0.05, 0.1) is 6.10 Å². The molecule has 0 radical (unpaired) electrons. The van der Waals surface area contributed by atoms with Gasteiger partial charge in [-0.2, -0.15) is 0 Å². The number of ether oxygens (including phenoxy) is 1. The van der Waals surface area contributed by atoms with Crippen LogP contribution in [-0.2, 0) is 4.74 Å². The molecule has 3 N–H and O–H groups in total. The molecule has 3 aliphatic heterocycles. The molecule has 6 unspecified atom stereocenters. The number of nitrogens with zero attached hydrogens (tertiary/aromatic N) is 2. The first-order chi connectivity index (χ1) is 17.7. The van der Waals surface area contributed by atoms with Crippen LogP contribution in [0, 0.1) is 25.2 Å². The van der Waals surface area contributed by atoms with Crippen molar-refractivity contribution in [3.63, 3.8) is 0 Å². The minimum atomic E-state index is 0.0258. The molecule has 4 fully saturated rings. The Kier molecular flexibility index (Phi) is 9.22. The molecule has 1 saturated carbocycles. The number of nitrogens with one attached hydrogen (secondary N) is 3. The average Bonchev–Trinajstić information content (AvgIpc) is 3.02. The Morgan fingerprint density at radius 2 is 1.81 bits per heavy atom. The van der Waals surface area contributed by atoms with Crippen LogP contribution in [0.3, 0.4) is 0 Å². The van der Waals surface area contributed by atoms with E-state index in [4.69, 9.17) is 4.74 Å². The van der Waals surface area contributed by atoms with Crippen molar-refractivity contribution in [2.24, 2.45) is 11.3 Å². The first-order valence-corrected chi connectivity index (χ1v) is 15.7. The maximum absolute atomic E-state index is 7.01. The molecule has 6 nitrogen and oxygen atoms in total. The van der Waals surface area contributed by atoms with Gasteiger partial charge in [0.25, 0.3) is 0 Å². The van der Waals surface area contributed by atoms with Crippen molar-refractivity contribution in [2.75, 3.05) is 39.3 Å². The lowest BCUT2D eigenvalue weighted by Gasteiger charge is -2.40. The number of benzene rings is 1. The Labute approximate surface area is 230 Å². The summed E-state index contributed by atoms with van der Waals surface area (Å²) in [4.78, 5) is 5.42. The van der Waals surface area contributed by atoms with Crippen molar-refractivity contribution in [1.82, 2.24) is 25.2 Å². The lowest BCUT2D eigenvalue weighted by molar-refractivity contribution is -0.0760. The fraction of sp³-hybridized carbons (Fsp3) is 0.800. The van der Waals surface area contributed by atoms with Crippen LogP contribution in [0.4, 0.5) is 0 Å². The van der Waals surface area contributed by atoms with Crippen molar-refractivity contribution in [1.29, 1.82) is 0 Å². The van der Waals surface area contributed by atoms with Gasteiger partial charge in [-0.3, -0.25) is 20.4 Å². The van der Waals surface area contributed by atoms with E-state index in [1.807, 2.05) is 11.9 Å². The van der Waals surface area contributed by atoms with E-state index in [9.17, 15) is 0 Å². The summed E-state index contributed by atoms with van der Waals surface area (Å²) < 4.78 is 10.8. The Morgan fingerprint density at radius 1 is 1.00 bits per heavy atom. The molecule has 3 heterocycles. The smallest absolute Gasteiger partial charge is 0.123 e. The molecule has 1 aromatic carbocycles. The summed E-state index contributed by atoms with van der Waals surface area (Å²) >= 11 is 1.95. The molecule has 6 bridgehead atoms. The molecule has 7 heteroatoms. The first kappa shape index (κ1) is 27.9. The molecule has 3 saturated heterocycles. The van der Waals surface area contributed by atoms with E-state index in [-0.39, 0.29) is 24.7 Å². The molecule has 1 aromatic rings. The van der Waals surface area contributed by atoms with Crippen LogP contribution in [0.15, 0.2) is 18.2 Å². The molecule has 0 spiro atoms. The van der Waals surface area contributed by atoms with E-state index >= 15 is 0 Å². The highest BCUT2D eigenvalue weighted by Crippen LogP contribution is 2.34. The van der Waals surface area contributed by atoms with Crippen molar-refractivity contribution < 1.29 is 4.74 Å². The van der Waals surface area contributed by atoms with Crippen LogP contribution in [-0.4, -0.2) is 72.9 Å². The largest absolute Gasteiger partial charge is 0.357 e. The zero-order valence-electron chi connectivity index (χ0n) is 23.9. The summed E-state index contributed by atoms with van der Waals surface area (Å²) in [7, 11) is 0. The highest BCUT2D eigenvalue weighted by Gasteiger charge is 2.36. The molecule has 7 atom stereocenters. The molecule has 0 amide bonds. The second-order valence-electron chi connectivity index (χ2n) is 13.4. The monoisotopic (exact) mass is 529 g/mol. The third-order valence-corrected chi connectivity index (χ3v) is 9.99. The Hall–Kier alpha value is -0.670. The SMILES string of the molecule is Cc1cccc(C)c1C1CC2NC(NSC3CCCC(C3)CN3CCN(CCC(C)(C)C)C[C@H](C3)O2)N1. The fourth-order valence-corrected chi connectivity index (χ4v) is 7.97. The lowest BCUT2D eigenvalue weighted by atomic mass is 9.88. The van der Waals surface area contributed by atoms with Gasteiger partial charge in [0.1, 0.15) is 12.5 Å². The minimum Gasteiger partial charge on any atom is -0.357 e. The van der Waals surface area contributed by atoms with Crippen molar-refractivity contribution in [3.8, 4) is 0 Å². The number of aryl methyl sites for hydroxylation is 2. The van der Waals surface area contributed by atoms with E-state index in [1.165, 1.54) is 61.9 Å². The van der Waals surface area contributed by atoms with Crippen LogP contribution in [0.2, 0.25) is 0 Å². The van der Waals surface area contributed by atoms with Gasteiger partial charge in [-0.25, -0.2) is 4.72 Å². The second-order valence-corrected chi connectivity index (χ2v) is 14.5. The Balaban J connectivity index is 1.38. The van der Waals surface area contributed by atoms with Gasteiger partial charge >= 0.3 is 0 Å². The van der Waals surface area contributed by atoms with Gasteiger partial charge in [0, 0.05) is 50.4 Å². The maximum Gasteiger partial charge on any atom is 0.123 e.